The van der Waals surface area contributed by atoms with E-state index in [2.05, 4.69) is 42.5 Å². The fourth-order valence-corrected chi connectivity index (χ4v) is 10.9. The highest BCUT2D eigenvalue weighted by molar-refractivity contribution is 5.97. The number of likely N-dealkylation sites (tertiary alicyclic amines) is 1. The summed E-state index contributed by atoms with van der Waals surface area (Å²) >= 11 is 0. The molecular weight excluding hydrogens is 994 g/mol. The number of nitriles is 1. The molecule has 5 heterocycles. The monoisotopic (exact) mass is 1070 g/mol. The molecule has 2 bridgehead atoms. The maximum Gasteiger partial charge on any atom is 0.254 e. The third kappa shape index (κ3) is 14.0. The lowest BCUT2D eigenvalue weighted by Crippen LogP contribution is -2.59. The predicted molar refractivity (Wildman–Crippen MR) is 296 cm³/mol. The summed E-state index contributed by atoms with van der Waals surface area (Å²) < 4.78 is 16.3. The van der Waals surface area contributed by atoms with Crippen molar-refractivity contribution in [3.8, 4) is 17.2 Å². The highest BCUT2D eigenvalue weighted by Gasteiger charge is 2.46. The van der Waals surface area contributed by atoms with Crippen LogP contribution in [-0.2, 0) is 37.1 Å². The second-order valence-corrected chi connectivity index (χ2v) is 22.1. The van der Waals surface area contributed by atoms with Crippen LogP contribution < -0.4 is 37.2 Å². The van der Waals surface area contributed by atoms with Gasteiger partial charge in [-0.3, -0.25) is 33.4 Å². The average Bonchev–Trinajstić information content (AvgIpc) is 4.19. The topological polar surface area (TPSA) is 253 Å². The van der Waals surface area contributed by atoms with Gasteiger partial charge in [0.15, 0.2) is 0 Å². The molecule has 19 nitrogen and oxygen atoms in total. The zero-order chi connectivity index (χ0) is 56.3. The van der Waals surface area contributed by atoms with Crippen LogP contribution in [0.5, 0.6) is 0 Å². The van der Waals surface area contributed by atoms with Gasteiger partial charge in [-0.2, -0.15) is 10.4 Å². The smallest absolute Gasteiger partial charge is 0.254 e. The Morgan fingerprint density at radius 1 is 0.962 bits per heavy atom. The maximum atomic E-state index is 14.7. The van der Waals surface area contributed by atoms with Crippen LogP contribution >= 0.6 is 0 Å². The minimum Gasteiger partial charge on any atom is -0.382 e. The van der Waals surface area contributed by atoms with Gasteiger partial charge < -0.3 is 47.0 Å². The Morgan fingerprint density at radius 3 is 2.35 bits per heavy atom. The third-order valence-electron chi connectivity index (χ3n) is 15.3. The molecule has 7 rings (SSSR count). The van der Waals surface area contributed by atoms with Gasteiger partial charge in [-0.05, 0) is 93.3 Å². The molecule has 0 radical (unpaired) electrons. The number of aromatic nitrogens is 3. The van der Waals surface area contributed by atoms with Crippen LogP contribution in [0.15, 0.2) is 60.8 Å². The predicted octanol–water partition coefficient (Wildman–Crippen LogP) is 6.19. The summed E-state index contributed by atoms with van der Waals surface area (Å²) in [6, 6.07) is 14.7. The molecule has 3 aliphatic rings. The fourth-order valence-electron chi connectivity index (χ4n) is 10.9. The van der Waals surface area contributed by atoms with Gasteiger partial charge in [-0.15, -0.1) is 0 Å². The molecular formula is C58H78FN13O6. The number of carbonyl (C=O) groups excluding carboxylic acids is 6. The number of halogens is 1. The second kappa shape index (κ2) is 26.3. The van der Waals surface area contributed by atoms with Crippen LogP contribution in [0.2, 0.25) is 0 Å². The minimum atomic E-state index is -0.920. The standard InChI is InChI=1S/C58H78FN13O6/c1-8-43(37-19-14-13-15-20-37)66-55(76)47-31-40(34-71(47)57(78)52(58(3,4)5)67-54(75)36(2)62-6)65-50(74)23-17-12-10-9-11-16-22-49(73)63-26-28-72-48(32-60)51-38-29-46(53(61)64-33-38)70-27-18-21-45(70)42-30-39(59)24-25-41(42)56(77)69(7)35-44(51)68-72/h13-15,19-20,24-25,29-30,33,36,40,43,45,47,52,62H,8-12,16-18,21-23,26-28,31,34-35H2,1-7H3,(H2,61,64)(H,63,73)(H,65,74)(H,66,76)(H,67,75)/t36-,40-,43+,45-,47-,52+/m1/s1. The molecule has 6 amide bonds. The number of anilines is 2. The van der Waals surface area contributed by atoms with Crippen molar-refractivity contribution in [1.82, 2.24) is 51.1 Å². The summed E-state index contributed by atoms with van der Waals surface area (Å²) in [6.07, 6.45) is 9.30. The molecule has 78 heavy (non-hydrogen) atoms. The highest BCUT2D eigenvalue weighted by Crippen LogP contribution is 2.43. The van der Waals surface area contributed by atoms with E-state index in [9.17, 15) is 38.4 Å². The number of fused-ring (bicyclic) bond motifs is 8. The normalized spacial score (nSPS) is 18.3. The summed E-state index contributed by atoms with van der Waals surface area (Å²) in [5, 5.41) is 30.4. The Kier molecular flexibility index (Phi) is 19.7. The molecule has 4 aromatic rings. The van der Waals surface area contributed by atoms with Gasteiger partial charge in [0.25, 0.3) is 5.91 Å². The van der Waals surface area contributed by atoms with Crippen molar-refractivity contribution in [2.45, 2.75) is 161 Å². The highest BCUT2D eigenvalue weighted by atomic mass is 19.1. The largest absolute Gasteiger partial charge is 0.382 e. The van der Waals surface area contributed by atoms with E-state index >= 15 is 0 Å². The molecule has 2 saturated heterocycles. The number of nitrogens with two attached hydrogens (primary N) is 1. The minimum absolute atomic E-state index is 0.0554. The Hall–Kier alpha value is -7.40. The van der Waals surface area contributed by atoms with E-state index < -0.39 is 35.4 Å². The zero-order valence-corrected chi connectivity index (χ0v) is 46.3. The summed E-state index contributed by atoms with van der Waals surface area (Å²) in [7, 11) is 3.32. The van der Waals surface area contributed by atoms with Gasteiger partial charge in [-0.1, -0.05) is 83.7 Å². The Bertz CT molecular complexity index is 2850. The number of amides is 6. The Morgan fingerprint density at radius 2 is 1.67 bits per heavy atom. The van der Waals surface area contributed by atoms with Crippen LogP contribution in [0.3, 0.4) is 0 Å². The third-order valence-corrected chi connectivity index (χ3v) is 15.3. The number of hydrogen-bond acceptors (Lipinski definition) is 12. The molecule has 2 fully saturated rings. The van der Waals surface area contributed by atoms with E-state index in [1.807, 2.05) is 64.1 Å². The number of nitrogens with zero attached hydrogens (tertiary/aromatic N) is 7. The van der Waals surface area contributed by atoms with E-state index in [-0.39, 0.29) is 98.1 Å². The lowest BCUT2D eigenvalue weighted by molar-refractivity contribution is -0.144. The number of carbonyl (C=O) groups is 6. The van der Waals surface area contributed by atoms with Crippen molar-refractivity contribution < 1.29 is 33.2 Å². The first-order valence-electron chi connectivity index (χ1n) is 27.6. The number of benzene rings is 2. The fraction of sp³-hybridized carbons (Fsp3) is 0.534. The average molecular weight is 1070 g/mol. The number of likely N-dealkylation sites (N-methyl/N-ethyl adjacent to an activating group) is 1. The van der Waals surface area contributed by atoms with Crippen LogP contribution in [0.25, 0.3) is 11.1 Å². The molecule has 0 aliphatic carbocycles. The van der Waals surface area contributed by atoms with E-state index in [0.29, 0.717) is 72.3 Å². The number of pyridine rings is 1. The van der Waals surface area contributed by atoms with Crippen molar-refractivity contribution in [1.29, 1.82) is 5.26 Å². The van der Waals surface area contributed by atoms with Gasteiger partial charge in [0.1, 0.15) is 35.5 Å². The molecule has 0 saturated carbocycles. The number of nitrogens with one attached hydrogen (secondary N) is 5. The number of hydrogen-bond donors (Lipinski definition) is 6. The first-order valence-corrected chi connectivity index (χ1v) is 27.6. The summed E-state index contributed by atoms with van der Waals surface area (Å²) in [5.41, 5.74) is 10.2. The van der Waals surface area contributed by atoms with Crippen molar-refractivity contribution >= 4 is 46.9 Å². The molecule has 2 aromatic carbocycles. The SMILES string of the molecule is CC[C@H](NC(=O)[C@H]1C[C@@H](NC(=O)CCCCCCCCC(=O)NCCn2nc3c(c2C#N)-c2cnc(N)c(c2)N2CCC[C@@H]2c2cc(F)ccc2C(=O)N(C)C3)CN1C(=O)[C@H](NC(=O)[C@@H](C)NC)C(C)(C)C)c1ccccc1. The molecule has 0 spiro atoms. The molecule has 7 N–H and O–H groups in total. The van der Waals surface area contributed by atoms with Crippen LogP contribution in [0.4, 0.5) is 15.9 Å². The van der Waals surface area contributed by atoms with Gasteiger partial charge in [0.2, 0.25) is 29.5 Å². The first kappa shape index (κ1) is 58.3. The molecule has 3 aliphatic heterocycles. The molecule has 20 heteroatoms. The first-order chi connectivity index (χ1) is 37.3. The Balaban J connectivity index is 0.876. The van der Waals surface area contributed by atoms with Crippen LogP contribution in [-0.4, -0.2) is 118 Å². The van der Waals surface area contributed by atoms with E-state index in [0.717, 1.165) is 37.7 Å². The molecule has 6 atom stereocenters. The zero-order valence-electron chi connectivity index (χ0n) is 46.3. The number of rotatable bonds is 21. The summed E-state index contributed by atoms with van der Waals surface area (Å²) in [5.74, 6) is -1.77. The Labute approximate surface area is 457 Å². The summed E-state index contributed by atoms with van der Waals surface area (Å²) in [6.45, 7) is 10.5. The number of unbranched alkanes of at least 4 members (excludes halogenated alkanes) is 5. The van der Waals surface area contributed by atoms with Crippen LogP contribution in [0, 0.1) is 22.6 Å². The number of nitrogen functional groups attached to an aromatic ring is 1. The van der Waals surface area contributed by atoms with Crippen molar-refractivity contribution in [2.75, 3.05) is 44.4 Å². The summed E-state index contributed by atoms with van der Waals surface area (Å²) in [4.78, 5) is 91.5. The molecule has 2 aromatic heterocycles. The van der Waals surface area contributed by atoms with Gasteiger partial charge >= 0.3 is 0 Å². The quantitative estimate of drug-likeness (QED) is 0.0511. The van der Waals surface area contributed by atoms with Crippen molar-refractivity contribution in [3.63, 3.8) is 0 Å². The lowest BCUT2D eigenvalue weighted by atomic mass is 9.85. The van der Waals surface area contributed by atoms with Gasteiger partial charge in [-0.25, -0.2) is 9.37 Å². The van der Waals surface area contributed by atoms with Crippen LogP contribution in [0.1, 0.15) is 157 Å². The van der Waals surface area contributed by atoms with Crippen molar-refractivity contribution in [3.05, 3.63) is 94.7 Å². The maximum absolute atomic E-state index is 14.7. The van der Waals surface area contributed by atoms with E-state index in [4.69, 9.17) is 10.8 Å². The van der Waals surface area contributed by atoms with Gasteiger partial charge in [0.05, 0.1) is 42.6 Å². The lowest BCUT2D eigenvalue weighted by Gasteiger charge is -2.36. The van der Waals surface area contributed by atoms with E-state index in [1.165, 1.54) is 28.0 Å². The van der Waals surface area contributed by atoms with E-state index in [1.54, 1.807) is 31.9 Å². The second-order valence-electron chi connectivity index (χ2n) is 22.1. The van der Waals surface area contributed by atoms with Crippen molar-refractivity contribution in [2.24, 2.45) is 5.41 Å². The van der Waals surface area contributed by atoms with Gasteiger partial charge in [0, 0.05) is 68.5 Å². The molecule has 418 valence electrons. The molecule has 0 unspecified atom stereocenters.